The third-order valence-corrected chi connectivity index (χ3v) is 8.36. The maximum absolute atomic E-state index is 13.7. The number of ether oxygens (including phenoxy) is 3. The van der Waals surface area contributed by atoms with Crippen LogP contribution >= 0.6 is 24.8 Å². The van der Waals surface area contributed by atoms with E-state index in [0.29, 0.717) is 72.4 Å². The Morgan fingerprint density at radius 2 is 1.54 bits per heavy atom. The van der Waals surface area contributed by atoms with Gasteiger partial charge in [-0.1, -0.05) is 18.2 Å². The number of halogens is 2. The molecule has 3 amide bonds. The number of amides is 3. The van der Waals surface area contributed by atoms with Gasteiger partial charge in [-0.3, -0.25) is 14.4 Å². The second-order valence-corrected chi connectivity index (χ2v) is 12.0. The molecule has 0 saturated carbocycles. The summed E-state index contributed by atoms with van der Waals surface area (Å²) in [7, 11) is 5.27. The van der Waals surface area contributed by atoms with Crippen LogP contribution < -0.4 is 30.2 Å². The molecule has 1 aliphatic heterocycles. The van der Waals surface area contributed by atoms with Crippen molar-refractivity contribution in [1.82, 2.24) is 9.80 Å². The third kappa shape index (κ3) is 11.8. The number of methoxy groups -OCH3 is 1. The van der Waals surface area contributed by atoms with Crippen LogP contribution in [0.4, 0.5) is 11.4 Å². The summed E-state index contributed by atoms with van der Waals surface area (Å²) >= 11 is 0. The number of aryl methyl sites for hydroxylation is 1. The van der Waals surface area contributed by atoms with E-state index in [0.717, 1.165) is 51.0 Å². The monoisotopic (exact) mass is 731 g/mol. The molecule has 3 aromatic rings. The lowest BCUT2D eigenvalue weighted by atomic mass is 10.1. The number of likely N-dealkylation sites (N-methyl/N-ethyl adjacent to an activating group) is 1. The Bertz CT molecular complexity index is 1550. The molecular formula is C37H51Cl2N5O6. The zero-order valence-electron chi connectivity index (χ0n) is 29.4. The topological polar surface area (TPSA) is 127 Å². The summed E-state index contributed by atoms with van der Waals surface area (Å²) in [6.07, 6.45) is 3.73. The number of anilines is 2. The average molecular weight is 733 g/mol. The Kier molecular flexibility index (Phi) is 17.9. The first-order chi connectivity index (χ1) is 23.2. The van der Waals surface area contributed by atoms with E-state index in [1.807, 2.05) is 30.0 Å². The summed E-state index contributed by atoms with van der Waals surface area (Å²) in [4.78, 5) is 45.1. The second-order valence-electron chi connectivity index (χ2n) is 12.0. The lowest BCUT2D eigenvalue weighted by molar-refractivity contribution is -0.132. The molecule has 13 heteroatoms. The fourth-order valence-electron chi connectivity index (χ4n) is 5.43. The molecule has 0 radical (unpaired) electrons. The Morgan fingerprint density at radius 3 is 2.26 bits per heavy atom. The number of benzene rings is 3. The van der Waals surface area contributed by atoms with Crippen LogP contribution in [-0.2, 0) is 4.79 Å². The Morgan fingerprint density at radius 1 is 0.840 bits per heavy atom. The number of piperazine rings is 1. The molecule has 0 aliphatic carbocycles. The predicted molar refractivity (Wildman–Crippen MR) is 203 cm³/mol. The first-order valence-corrected chi connectivity index (χ1v) is 16.6. The molecular weight excluding hydrogens is 681 g/mol. The molecule has 1 heterocycles. The lowest BCUT2D eigenvalue weighted by Crippen LogP contribution is -2.47. The number of carbonyl (C=O) groups excluding carboxylic acids is 3. The van der Waals surface area contributed by atoms with Gasteiger partial charge in [0.1, 0.15) is 17.2 Å². The summed E-state index contributed by atoms with van der Waals surface area (Å²) < 4.78 is 17.5. The fraction of sp³-hybridized carbons (Fsp3) is 0.432. The van der Waals surface area contributed by atoms with Crippen molar-refractivity contribution < 1.29 is 28.6 Å². The van der Waals surface area contributed by atoms with Gasteiger partial charge >= 0.3 is 0 Å². The Balaban J connectivity index is 0.00000433. The highest BCUT2D eigenvalue weighted by molar-refractivity contribution is 6.09. The summed E-state index contributed by atoms with van der Waals surface area (Å²) in [5.74, 6) is 1.02. The van der Waals surface area contributed by atoms with Gasteiger partial charge in [0.25, 0.3) is 11.8 Å². The van der Waals surface area contributed by atoms with Crippen molar-refractivity contribution in [3.63, 3.8) is 0 Å². The number of rotatable bonds is 16. The first-order valence-electron chi connectivity index (χ1n) is 16.6. The van der Waals surface area contributed by atoms with Crippen LogP contribution in [0.1, 0.15) is 58.4 Å². The smallest absolute Gasteiger partial charge is 0.259 e. The molecule has 1 aliphatic rings. The number of hydrogen-bond donors (Lipinski definition) is 2. The fourth-order valence-corrected chi connectivity index (χ4v) is 5.43. The molecule has 0 bridgehead atoms. The number of para-hydroxylation sites is 1. The number of hydrogen-bond acceptors (Lipinski definition) is 8. The van der Waals surface area contributed by atoms with Crippen LogP contribution in [-0.4, -0.2) is 94.7 Å². The predicted octanol–water partition coefficient (Wildman–Crippen LogP) is 5.82. The second kappa shape index (κ2) is 21.2. The Hall–Kier alpha value is -4.03. The van der Waals surface area contributed by atoms with Gasteiger partial charge in [0.05, 0.1) is 37.3 Å². The molecule has 274 valence electrons. The molecule has 50 heavy (non-hydrogen) atoms. The molecule has 1 saturated heterocycles. The van der Waals surface area contributed by atoms with E-state index in [2.05, 4.69) is 17.3 Å². The SMILES string of the molecule is COc1cc(C(=O)N(C)c2ccc(C)cc2OCCCCCC(=O)N2CCN(C)CC2)ccc1NC(=O)c1ccccc1OCCCN.Cl.Cl. The van der Waals surface area contributed by atoms with Crippen molar-refractivity contribution in [1.29, 1.82) is 0 Å². The molecule has 3 aromatic carbocycles. The third-order valence-electron chi connectivity index (χ3n) is 8.36. The highest BCUT2D eigenvalue weighted by Gasteiger charge is 2.21. The van der Waals surface area contributed by atoms with E-state index in [-0.39, 0.29) is 42.5 Å². The van der Waals surface area contributed by atoms with Crippen molar-refractivity contribution in [2.45, 2.75) is 39.0 Å². The number of nitrogens with one attached hydrogen (secondary N) is 1. The minimum atomic E-state index is -0.365. The maximum atomic E-state index is 13.7. The van der Waals surface area contributed by atoms with E-state index in [1.165, 1.54) is 7.11 Å². The molecule has 1 fully saturated rings. The highest BCUT2D eigenvalue weighted by Crippen LogP contribution is 2.32. The van der Waals surface area contributed by atoms with E-state index >= 15 is 0 Å². The minimum Gasteiger partial charge on any atom is -0.495 e. The summed E-state index contributed by atoms with van der Waals surface area (Å²) in [6, 6.07) is 17.6. The summed E-state index contributed by atoms with van der Waals surface area (Å²) in [5, 5.41) is 2.88. The standard InChI is InChI=1S/C37H49N5O6.2ClH/c1-27-14-17-31(34(25-27)48-23-9-5-6-13-35(43)42-21-19-40(2)20-22-42)41(3)37(45)28-15-16-30(33(26-28)46-4)39-36(44)29-11-7-8-12-32(29)47-24-10-18-38;;/h7-8,11-12,14-17,25-26H,5-6,9-10,13,18-24,38H2,1-4H3,(H,39,44);2*1H. The van der Waals surface area contributed by atoms with Crippen LogP contribution in [0, 0.1) is 6.92 Å². The molecule has 4 rings (SSSR count). The van der Waals surface area contributed by atoms with Gasteiger partial charge in [0.2, 0.25) is 5.91 Å². The van der Waals surface area contributed by atoms with Gasteiger partial charge in [0, 0.05) is 45.2 Å². The van der Waals surface area contributed by atoms with Crippen molar-refractivity contribution in [3.8, 4) is 17.2 Å². The van der Waals surface area contributed by atoms with Crippen LogP contribution in [0.3, 0.4) is 0 Å². The number of carbonyl (C=O) groups is 3. The van der Waals surface area contributed by atoms with Crippen LogP contribution in [0.5, 0.6) is 17.2 Å². The zero-order valence-corrected chi connectivity index (χ0v) is 31.1. The summed E-state index contributed by atoms with van der Waals surface area (Å²) in [6.45, 7) is 6.80. The minimum absolute atomic E-state index is 0. The molecule has 0 aromatic heterocycles. The molecule has 3 N–H and O–H groups in total. The van der Waals surface area contributed by atoms with E-state index < -0.39 is 0 Å². The van der Waals surface area contributed by atoms with Gasteiger partial charge in [0.15, 0.2) is 0 Å². The number of nitrogens with two attached hydrogens (primary N) is 1. The van der Waals surface area contributed by atoms with Gasteiger partial charge in [-0.15, -0.1) is 24.8 Å². The van der Waals surface area contributed by atoms with E-state index in [4.69, 9.17) is 19.9 Å². The number of unbranched alkanes of at least 4 members (excludes halogenated alkanes) is 2. The summed E-state index contributed by atoms with van der Waals surface area (Å²) in [5.41, 5.74) is 8.40. The molecule has 0 atom stereocenters. The van der Waals surface area contributed by atoms with Gasteiger partial charge in [-0.05, 0) is 94.2 Å². The number of nitrogens with zero attached hydrogens (tertiary/aromatic N) is 3. The van der Waals surface area contributed by atoms with Crippen molar-refractivity contribution in [3.05, 3.63) is 77.4 Å². The lowest BCUT2D eigenvalue weighted by Gasteiger charge is -2.32. The largest absolute Gasteiger partial charge is 0.495 e. The quantitative estimate of drug-likeness (QED) is 0.177. The van der Waals surface area contributed by atoms with Crippen LogP contribution in [0.25, 0.3) is 0 Å². The van der Waals surface area contributed by atoms with Crippen LogP contribution in [0.15, 0.2) is 60.7 Å². The normalized spacial score (nSPS) is 12.6. The van der Waals surface area contributed by atoms with Crippen molar-refractivity contribution in [2.24, 2.45) is 5.73 Å². The average Bonchev–Trinajstić information content (AvgIpc) is 3.09. The maximum Gasteiger partial charge on any atom is 0.259 e. The van der Waals surface area contributed by atoms with E-state index in [9.17, 15) is 14.4 Å². The van der Waals surface area contributed by atoms with E-state index in [1.54, 1.807) is 54.4 Å². The van der Waals surface area contributed by atoms with Crippen molar-refractivity contribution in [2.75, 3.05) is 77.4 Å². The molecule has 11 nitrogen and oxygen atoms in total. The van der Waals surface area contributed by atoms with Gasteiger partial charge in [-0.25, -0.2) is 0 Å². The molecule has 0 unspecified atom stereocenters. The van der Waals surface area contributed by atoms with Crippen LogP contribution in [0.2, 0.25) is 0 Å². The van der Waals surface area contributed by atoms with Gasteiger partial charge < -0.3 is 40.0 Å². The van der Waals surface area contributed by atoms with Crippen molar-refractivity contribution >= 4 is 53.9 Å². The highest BCUT2D eigenvalue weighted by atomic mass is 35.5. The zero-order chi connectivity index (χ0) is 34.5. The Labute approximate surface area is 308 Å². The molecule has 0 spiro atoms. The van der Waals surface area contributed by atoms with Gasteiger partial charge in [-0.2, -0.15) is 0 Å². The first kappa shape index (κ1) is 42.1.